The van der Waals surface area contributed by atoms with Crippen molar-refractivity contribution in [1.82, 2.24) is 0 Å². The van der Waals surface area contributed by atoms with E-state index in [1.165, 1.54) is 89.9 Å². The minimum absolute atomic E-state index is 0. The third kappa shape index (κ3) is 33.0. The predicted molar refractivity (Wildman–Crippen MR) is 153 cm³/mol. The van der Waals surface area contributed by atoms with E-state index in [0.717, 1.165) is 52.1 Å². The van der Waals surface area contributed by atoms with Crippen LogP contribution < -0.4 is 0 Å². The van der Waals surface area contributed by atoms with Crippen LogP contribution in [0.25, 0.3) is 0 Å². The molecular weight excluding hydrogens is 495 g/mol. The zero-order valence-corrected chi connectivity index (χ0v) is 26.0. The van der Waals surface area contributed by atoms with Crippen molar-refractivity contribution in [2.24, 2.45) is 0 Å². The first-order valence-electron chi connectivity index (χ1n) is 15.0. The fourth-order valence-corrected chi connectivity index (χ4v) is 5.58. The molecular formula is C30H62CuLiO4. The van der Waals surface area contributed by atoms with E-state index in [-0.39, 0.29) is 18.9 Å². The molecule has 0 saturated carbocycles. The predicted octanol–water partition coefficient (Wildman–Crippen LogP) is 9.35. The van der Waals surface area contributed by atoms with Crippen molar-refractivity contribution in [3.8, 4) is 0 Å². The molecule has 0 spiro atoms. The zero-order chi connectivity index (χ0) is 25.7. The molecule has 0 rings (SSSR count). The smallest absolute Gasteiger partial charge is 0.0654 e. The maximum atomic E-state index is 5.64. The second-order valence-corrected chi connectivity index (χ2v) is 12.1. The van der Waals surface area contributed by atoms with E-state index in [9.17, 15) is 0 Å². The average Bonchev–Trinajstić information content (AvgIpc) is 2.85. The molecule has 0 aliphatic rings. The first-order valence-corrected chi connectivity index (χ1v) is 16.1. The number of hydrogen-bond acceptors (Lipinski definition) is 4. The van der Waals surface area contributed by atoms with Gasteiger partial charge >= 0.3 is 174 Å². The number of rotatable bonds is 30. The quantitative estimate of drug-likeness (QED) is 0.0501. The summed E-state index contributed by atoms with van der Waals surface area (Å²) in [6, 6.07) is 0. The summed E-state index contributed by atoms with van der Waals surface area (Å²) in [5.41, 5.74) is 0. The molecule has 4 nitrogen and oxygen atoms in total. The van der Waals surface area contributed by atoms with Crippen molar-refractivity contribution >= 4 is 18.9 Å². The standard InChI is InChI=1S/2C15H31O2.Cu.Li/c2*1-3-5-7-8-9-10-12-14-17-15-16-13-11-6-4-2;;/h2*4H,3,5-15H2,1-2H3;;. The van der Waals surface area contributed by atoms with Gasteiger partial charge in [-0.2, -0.15) is 0 Å². The second-order valence-electron chi connectivity index (χ2n) is 9.91. The summed E-state index contributed by atoms with van der Waals surface area (Å²) in [5.74, 6) is 0. The van der Waals surface area contributed by atoms with Crippen LogP contribution >= 0.6 is 0 Å². The van der Waals surface area contributed by atoms with Gasteiger partial charge in [0, 0.05) is 18.9 Å². The van der Waals surface area contributed by atoms with Gasteiger partial charge in [-0.05, 0) is 0 Å². The fraction of sp³-hybridized carbons (Fsp3) is 1.00. The molecule has 0 aromatic carbocycles. The van der Waals surface area contributed by atoms with E-state index >= 15 is 0 Å². The summed E-state index contributed by atoms with van der Waals surface area (Å²) in [5, 5.41) is 0. The Bertz CT molecular complexity index is 356. The summed E-state index contributed by atoms with van der Waals surface area (Å²) in [4.78, 5) is 1.33. The van der Waals surface area contributed by atoms with E-state index in [2.05, 4.69) is 42.7 Å². The first-order chi connectivity index (χ1) is 17.2. The number of hydrogen-bond donors (Lipinski definition) is 0. The third-order valence-corrected chi connectivity index (χ3v) is 7.81. The molecule has 0 amide bonds. The molecule has 0 fully saturated rings. The van der Waals surface area contributed by atoms with Crippen LogP contribution in [0.15, 0.2) is 0 Å². The Morgan fingerprint density at radius 3 is 1.11 bits per heavy atom. The van der Waals surface area contributed by atoms with Crippen molar-refractivity contribution < 1.29 is 33.9 Å². The van der Waals surface area contributed by atoms with Gasteiger partial charge in [-0.1, -0.05) is 52.4 Å². The SMILES string of the molecule is CCCCCCCCCOCOCCC[CH](C)[Cu][CH](C)CCCOCOCCCCCCCCC.[Li]. The topological polar surface area (TPSA) is 36.9 Å². The van der Waals surface area contributed by atoms with Crippen LogP contribution in [0, 0.1) is 0 Å². The van der Waals surface area contributed by atoms with Gasteiger partial charge in [-0.15, -0.1) is 0 Å². The molecule has 6 heteroatoms. The molecule has 36 heavy (non-hydrogen) atoms. The number of unbranched alkanes of at least 4 members (excludes halogenated alkanes) is 12. The van der Waals surface area contributed by atoms with Crippen molar-refractivity contribution in [3.63, 3.8) is 0 Å². The molecule has 0 heterocycles. The van der Waals surface area contributed by atoms with Gasteiger partial charge in [0.15, 0.2) is 0 Å². The van der Waals surface area contributed by atoms with Gasteiger partial charge in [0.2, 0.25) is 0 Å². The van der Waals surface area contributed by atoms with Crippen LogP contribution in [0.3, 0.4) is 0 Å². The third-order valence-electron chi connectivity index (χ3n) is 6.20. The van der Waals surface area contributed by atoms with Crippen LogP contribution in [0.2, 0.25) is 9.63 Å². The Morgan fingerprint density at radius 1 is 0.444 bits per heavy atom. The van der Waals surface area contributed by atoms with Crippen LogP contribution in [0.4, 0.5) is 0 Å². The van der Waals surface area contributed by atoms with Crippen molar-refractivity contribution in [2.45, 2.75) is 153 Å². The summed E-state index contributed by atoms with van der Waals surface area (Å²) in [6.45, 7) is 13.4. The van der Waals surface area contributed by atoms with E-state index in [0.29, 0.717) is 23.2 Å². The Labute approximate surface area is 244 Å². The average molecular weight is 557 g/mol. The molecule has 0 aliphatic carbocycles. The van der Waals surface area contributed by atoms with Crippen molar-refractivity contribution in [3.05, 3.63) is 0 Å². The Hall–Kier alpha value is 0.957. The first kappa shape index (κ1) is 39.1. The van der Waals surface area contributed by atoms with Gasteiger partial charge in [0.25, 0.3) is 0 Å². The molecule has 0 aromatic heterocycles. The van der Waals surface area contributed by atoms with Crippen LogP contribution in [0.1, 0.15) is 143 Å². The van der Waals surface area contributed by atoms with Crippen LogP contribution in [-0.2, 0) is 33.9 Å². The van der Waals surface area contributed by atoms with Crippen LogP contribution in [0.5, 0.6) is 0 Å². The molecule has 2 atom stereocenters. The summed E-state index contributed by atoms with van der Waals surface area (Å²) in [7, 11) is 0. The van der Waals surface area contributed by atoms with E-state index in [4.69, 9.17) is 18.9 Å². The Morgan fingerprint density at radius 2 is 0.750 bits per heavy atom. The maximum absolute atomic E-state index is 5.64. The molecule has 218 valence electrons. The van der Waals surface area contributed by atoms with Gasteiger partial charge in [-0.25, -0.2) is 0 Å². The fourth-order valence-electron chi connectivity index (χ4n) is 3.97. The summed E-state index contributed by atoms with van der Waals surface area (Å²) in [6.07, 6.45) is 23.1. The Kier molecular flexibility index (Phi) is 36.9. The monoisotopic (exact) mass is 556 g/mol. The molecule has 0 saturated heterocycles. The molecule has 0 bridgehead atoms. The summed E-state index contributed by atoms with van der Waals surface area (Å²) >= 11 is 2.19. The van der Waals surface area contributed by atoms with Crippen LogP contribution in [-0.4, -0.2) is 58.9 Å². The van der Waals surface area contributed by atoms with Gasteiger partial charge < -0.3 is 0 Å². The van der Waals surface area contributed by atoms with Gasteiger partial charge in [-0.3, -0.25) is 0 Å². The van der Waals surface area contributed by atoms with Crippen molar-refractivity contribution in [2.75, 3.05) is 40.0 Å². The Balaban J connectivity index is 0. The van der Waals surface area contributed by atoms with Crippen molar-refractivity contribution in [1.29, 1.82) is 0 Å². The molecule has 0 N–H and O–H groups in total. The van der Waals surface area contributed by atoms with Gasteiger partial charge in [0.05, 0.1) is 0 Å². The van der Waals surface area contributed by atoms with E-state index in [1.54, 1.807) is 0 Å². The molecule has 2 unspecified atom stereocenters. The normalized spacial score (nSPS) is 13.1. The minimum atomic E-state index is 0. The molecule has 0 aromatic rings. The second kappa shape index (κ2) is 34.0. The summed E-state index contributed by atoms with van der Waals surface area (Å²) < 4.78 is 22.5. The molecule has 0 aliphatic heterocycles. The van der Waals surface area contributed by atoms with E-state index in [1.807, 2.05) is 0 Å². The number of ether oxygens (including phenoxy) is 4. The minimum Gasteiger partial charge on any atom is -0.0654 e. The zero-order valence-electron chi connectivity index (χ0n) is 25.1. The van der Waals surface area contributed by atoms with E-state index < -0.39 is 0 Å². The molecule has 1 radical (unpaired) electrons. The van der Waals surface area contributed by atoms with Gasteiger partial charge in [0.1, 0.15) is 0 Å².